The van der Waals surface area contributed by atoms with Crippen LogP contribution >= 0.6 is 24.0 Å². The number of halogens is 1. The standard InChI is InChI=1S/C21H26N6O.HI/c1-4-28-19-11-16(2)5-7-18(19)14-26-21(22-3)25-13-17-6-8-20(24-12-17)27-10-9-23-15-27;/h5-12,15H,4,13-14H2,1-3H3,(H2,22,25,26);1H. The quantitative estimate of drug-likeness (QED) is 0.292. The molecule has 0 aliphatic heterocycles. The van der Waals surface area contributed by atoms with Crippen molar-refractivity contribution in [3.63, 3.8) is 0 Å². The van der Waals surface area contributed by atoms with E-state index in [1.54, 1.807) is 19.6 Å². The van der Waals surface area contributed by atoms with Crippen molar-refractivity contribution in [2.45, 2.75) is 26.9 Å². The van der Waals surface area contributed by atoms with Gasteiger partial charge in [0.1, 0.15) is 17.9 Å². The lowest BCUT2D eigenvalue weighted by molar-refractivity contribution is 0.336. The molecular formula is C21H27IN6O. The van der Waals surface area contributed by atoms with Gasteiger partial charge in [0, 0.05) is 44.3 Å². The number of aromatic nitrogens is 3. The molecule has 0 saturated carbocycles. The molecule has 0 bridgehead atoms. The normalized spacial score (nSPS) is 10.9. The third-order valence-electron chi connectivity index (χ3n) is 4.23. The second-order valence-corrected chi connectivity index (χ2v) is 6.32. The van der Waals surface area contributed by atoms with Crippen LogP contribution in [0.25, 0.3) is 5.82 Å². The lowest BCUT2D eigenvalue weighted by Crippen LogP contribution is -2.36. The Morgan fingerprint density at radius 1 is 1.17 bits per heavy atom. The average Bonchev–Trinajstić information content (AvgIpc) is 3.25. The average molecular weight is 506 g/mol. The van der Waals surface area contributed by atoms with Crippen molar-refractivity contribution in [2.75, 3.05) is 13.7 Å². The minimum Gasteiger partial charge on any atom is -0.494 e. The van der Waals surface area contributed by atoms with Gasteiger partial charge in [-0.05, 0) is 37.1 Å². The molecule has 0 aliphatic carbocycles. The van der Waals surface area contributed by atoms with Gasteiger partial charge in [-0.3, -0.25) is 9.56 Å². The Morgan fingerprint density at radius 3 is 2.66 bits per heavy atom. The summed E-state index contributed by atoms with van der Waals surface area (Å²) in [6.07, 6.45) is 7.18. The maximum Gasteiger partial charge on any atom is 0.191 e. The van der Waals surface area contributed by atoms with E-state index in [2.05, 4.69) is 50.7 Å². The van der Waals surface area contributed by atoms with Crippen LogP contribution in [0.1, 0.15) is 23.6 Å². The largest absolute Gasteiger partial charge is 0.494 e. The van der Waals surface area contributed by atoms with Crippen LogP contribution < -0.4 is 15.4 Å². The van der Waals surface area contributed by atoms with Gasteiger partial charge in [-0.1, -0.05) is 18.2 Å². The summed E-state index contributed by atoms with van der Waals surface area (Å²) < 4.78 is 7.61. The number of imidazole rings is 1. The second-order valence-electron chi connectivity index (χ2n) is 6.32. The number of nitrogens with zero attached hydrogens (tertiary/aromatic N) is 4. The minimum absolute atomic E-state index is 0. The summed E-state index contributed by atoms with van der Waals surface area (Å²) in [5.41, 5.74) is 3.35. The Morgan fingerprint density at radius 2 is 2.00 bits per heavy atom. The number of aliphatic imine (C=N–C) groups is 1. The van der Waals surface area contributed by atoms with Gasteiger partial charge in [-0.25, -0.2) is 9.97 Å². The highest BCUT2D eigenvalue weighted by molar-refractivity contribution is 14.0. The molecule has 0 fully saturated rings. The third-order valence-corrected chi connectivity index (χ3v) is 4.23. The minimum atomic E-state index is 0. The summed E-state index contributed by atoms with van der Waals surface area (Å²) in [6, 6.07) is 10.2. The number of hydrogen-bond acceptors (Lipinski definition) is 4. The third kappa shape index (κ3) is 6.45. The van der Waals surface area contributed by atoms with E-state index in [9.17, 15) is 0 Å². The van der Waals surface area contributed by atoms with Gasteiger partial charge in [0.05, 0.1) is 6.61 Å². The molecule has 0 saturated heterocycles. The molecule has 154 valence electrons. The van der Waals surface area contributed by atoms with Gasteiger partial charge in [0.2, 0.25) is 0 Å². The molecule has 8 heteroatoms. The fourth-order valence-electron chi connectivity index (χ4n) is 2.75. The summed E-state index contributed by atoms with van der Waals surface area (Å²) in [6.45, 7) is 5.96. The molecule has 7 nitrogen and oxygen atoms in total. The smallest absolute Gasteiger partial charge is 0.191 e. The number of aryl methyl sites for hydroxylation is 1. The van der Waals surface area contributed by atoms with Crippen molar-refractivity contribution in [3.8, 4) is 11.6 Å². The van der Waals surface area contributed by atoms with Gasteiger partial charge in [0.15, 0.2) is 5.96 Å². The van der Waals surface area contributed by atoms with Crippen LogP contribution in [-0.2, 0) is 13.1 Å². The summed E-state index contributed by atoms with van der Waals surface area (Å²) >= 11 is 0. The predicted molar refractivity (Wildman–Crippen MR) is 126 cm³/mol. The van der Waals surface area contributed by atoms with E-state index in [1.165, 1.54) is 5.56 Å². The number of hydrogen-bond donors (Lipinski definition) is 2. The molecule has 0 radical (unpaired) electrons. The van der Waals surface area contributed by atoms with Crippen LogP contribution in [0.5, 0.6) is 5.75 Å². The Bertz CT molecular complexity index is 909. The van der Waals surface area contributed by atoms with E-state index in [0.29, 0.717) is 19.7 Å². The first kappa shape index (κ1) is 22.7. The van der Waals surface area contributed by atoms with Crippen molar-refractivity contribution in [1.82, 2.24) is 25.2 Å². The van der Waals surface area contributed by atoms with E-state index in [0.717, 1.165) is 28.7 Å². The number of benzene rings is 1. The zero-order chi connectivity index (χ0) is 19.8. The molecule has 0 amide bonds. The summed E-state index contributed by atoms with van der Waals surface area (Å²) in [4.78, 5) is 12.8. The molecule has 3 aromatic rings. The number of pyridine rings is 1. The van der Waals surface area contributed by atoms with Crippen LogP contribution in [0.4, 0.5) is 0 Å². The molecule has 29 heavy (non-hydrogen) atoms. The number of nitrogens with one attached hydrogen (secondary N) is 2. The zero-order valence-corrected chi connectivity index (χ0v) is 19.3. The Hall–Kier alpha value is -2.62. The van der Waals surface area contributed by atoms with Crippen molar-refractivity contribution in [3.05, 3.63) is 71.9 Å². The molecule has 0 aliphatic rings. The molecule has 0 atom stereocenters. The lowest BCUT2D eigenvalue weighted by atomic mass is 10.1. The molecular weight excluding hydrogens is 479 g/mol. The molecule has 0 spiro atoms. The van der Waals surface area contributed by atoms with Crippen LogP contribution in [-0.4, -0.2) is 34.1 Å². The van der Waals surface area contributed by atoms with Gasteiger partial charge in [-0.2, -0.15) is 0 Å². The van der Waals surface area contributed by atoms with Crippen molar-refractivity contribution in [1.29, 1.82) is 0 Å². The van der Waals surface area contributed by atoms with Crippen LogP contribution in [0.15, 0.2) is 60.2 Å². The van der Waals surface area contributed by atoms with Gasteiger partial charge >= 0.3 is 0 Å². The Kier molecular flexibility index (Phi) is 8.91. The molecule has 2 aromatic heterocycles. The van der Waals surface area contributed by atoms with Gasteiger partial charge in [0.25, 0.3) is 0 Å². The van der Waals surface area contributed by atoms with Crippen molar-refractivity contribution < 1.29 is 4.74 Å². The first-order chi connectivity index (χ1) is 13.7. The monoisotopic (exact) mass is 506 g/mol. The van der Waals surface area contributed by atoms with E-state index in [-0.39, 0.29) is 24.0 Å². The number of rotatable bonds is 7. The van der Waals surface area contributed by atoms with Crippen molar-refractivity contribution >= 4 is 29.9 Å². The van der Waals surface area contributed by atoms with Crippen LogP contribution in [0.3, 0.4) is 0 Å². The molecule has 1 aromatic carbocycles. The topological polar surface area (TPSA) is 76.4 Å². The Balaban J connectivity index is 0.00000300. The van der Waals surface area contributed by atoms with E-state index in [1.807, 2.05) is 36.0 Å². The maximum atomic E-state index is 5.74. The SMILES string of the molecule is CCOc1cc(C)ccc1CNC(=NC)NCc1ccc(-n2ccnc2)nc1.I. The highest BCUT2D eigenvalue weighted by Gasteiger charge is 2.06. The highest BCUT2D eigenvalue weighted by Crippen LogP contribution is 2.20. The fourth-order valence-corrected chi connectivity index (χ4v) is 2.75. The van der Waals surface area contributed by atoms with Gasteiger partial charge < -0.3 is 15.4 Å². The molecule has 0 unspecified atom stereocenters. The van der Waals surface area contributed by atoms with E-state index >= 15 is 0 Å². The van der Waals surface area contributed by atoms with Crippen LogP contribution in [0.2, 0.25) is 0 Å². The summed E-state index contributed by atoms with van der Waals surface area (Å²) in [5.74, 6) is 2.47. The lowest BCUT2D eigenvalue weighted by Gasteiger charge is -2.15. The highest BCUT2D eigenvalue weighted by atomic mass is 127. The maximum absolute atomic E-state index is 5.74. The Labute approximate surface area is 188 Å². The van der Waals surface area contributed by atoms with E-state index in [4.69, 9.17) is 4.74 Å². The molecule has 3 rings (SSSR count). The van der Waals surface area contributed by atoms with Gasteiger partial charge in [-0.15, -0.1) is 24.0 Å². The number of guanidine groups is 1. The van der Waals surface area contributed by atoms with Crippen LogP contribution in [0, 0.1) is 6.92 Å². The van der Waals surface area contributed by atoms with Crippen molar-refractivity contribution in [2.24, 2.45) is 4.99 Å². The zero-order valence-electron chi connectivity index (χ0n) is 16.9. The van der Waals surface area contributed by atoms with E-state index < -0.39 is 0 Å². The first-order valence-electron chi connectivity index (χ1n) is 9.29. The summed E-state index contributed by atoms with van der Waals surface area (Å²) in [5, 5.41) is 6.65. The second kappa shape index (κ2) is 11.4. The molecule has 2 N–H and O–H groups in total. The summed E-state index contributed by atoms with van der Waals surface area (Å²) in [7, 11) is 1.76. The predicted octanol–water partition coefficient (Wildman–Crippen LogP) is 3.46. The first-order valence-corrected chi connectivity index (χ1v) is 9.29. The fraction of sp³-hybridized carbons (Fsp3) is 0.286. The number of ether oxygens (including phenoxy) is 1. The molecule has 2 heterocycles.